The zero-order valence-corrected chi connectivity index (χ0v) is 12.0. The van der Waals surface area contributed by atoms with Crippen molar-refractivity contribution in [1.82, 2.24) is 10.3 Å². The smallest absolute Gasteiger partial charge is 0.226 e. The molecule has 3 N–H and O–H groups in total. The second-order valence-corrected chi connectivity index (χ2v) is 5.39. The average molecular weight is 284 g/mol. The molecule has 0 spiro atoms. The monoisotopic (exact) mass is 284 g/mol. The Balaban J connectivity index is 1.54. The van der Waals surface area contributed by atoms with E-state index in [9.17, 15) is 0 Å². The SMILES string of the molecule is NC(=NCc1coc(-c2ccccc2)n1)NCC1CCC1. The van der Waals surface area contributed by atoms with E-state index >= 15 is 0 Å². The van der Waals surface area contributed by atoms with Gasteiger partial charge < -0.3 is 15.5 Å². The first-order valence-corrected chi connectivity index (χ1v) is 7.35. The van der Waals surface area contributed by atoms with Crippen molar-refractivity contribution >= 4 is 5.96 Å². The molecule has 1 heterocycles. The van der Waals surface area contributed by atoms with Crippen molar-refractivity contribution in [2.45, 2.75) is 25.8 Å². The number of guanidine groups is 1. The summed E-state index contributed by atoms with van der Waals surface area (Å²) in [5.74, 6) is 1.85. The van der Waals surface area contributed by atoms with Crippen LogP contribution in [0.25, 0.3) is 11.5 Å². The fraction of sp³-hybridized carbons (Fsp3) is 0.375. The summed E-state index contributed by atoms with van der Waals surface area (Å²) in [5.41, 5.74) is 7.59. The third-order valence-corrected chi connectivity index (χ3v) is 3.78. The van der Waals surface area contributed by atoms with E-state index in [1.807, 2.05) is 30.3 Å². The Morgan fingerprint density at radius 2 is 2.14 bits per heavy atom. The van der Waals surface area contributed by atoms with E-state index in [2.05, 4.69) is 15.3 Å². The van der Waals surface area contributed by atoms with Crippen LogP contribution in [0.4, 0.5) is 0 Å². The normalized spacial score (nSPS) is 15.7. The predicted molar refractivity (Wildman–Crippen MR) is 82.6 cm³/mol. The molecule has 1 saturated carbocycles. The van der Waals surface area contributed by atoms with Gasteiger partial charge in [0.1, 0.15) is 12.0 Å². The number of aliphatic imine (C=N–C) groups is 1. The minimum Gasteiger partial charge on any atom is -0.444 e. The van der Waals surface area contributed by atoms with Gasteiger partial charge in [-0.25, -0.2) is 9.98 Å². The molecule has 0 unspecified atom stereocenters. The van der Waals surface area contributed by atoms with Crippen LogP contribution in [0.2, 0.25) is 0 Å². The fourth-order valence-corrected chi connectivity index (χ4v) is 2.26. The number of hydrogen-bond donors (Lipinski definition) is 2. The molecule has 0 aliphatic heterocycles. The molecule has 1 aliphatic carbocycles. The summed E-state index contributed by atoms with van der Waals surface area (Å²) in [4.78, 5) is 8.71. The van der Waals surface area contributed by atoms with Crippen LogP contribution in [-0.4, -0.2) is 17.5 Å². The maximum atomic E-state index is 5.85. The minimum atomic E-state index is 0.430. The van der Waals surface area contributed by atoms with Crippen molar-refractivity contribution in [2.75, 3.05) is 6.54 Å². The summed E-state index contributed by atoms with van der Waals surface area (Å²) in [6.45, 7) is 1.35. The van der Waals surface area contributed by atoms with E-state index in [1.165, 1.54) is 19.3 Å². The van der Waals surface area contributed by atoms with Gasteiger partial charge in [0.25, 0.3) is 0 Å². The molecule has 0 atom stereocenters. The lowest BCUT2D eigenvalue weighted by Gasteiger charge is -2.25. The molecule has 3 rings (SSSR count). The fourth-order valence-electron chi connectivity index (χ4n) is 2.26. The van der Waals surface area contributed by atoms with Crippen LogP contribution in [0, 0.1) is 5.92 Å². The Morgan fingerprint density at radius 1 is 1.33 bits per heavy atom. The van der Waals surface area contributed by atoms with Gasteiger partial charge in [-0.05, 0) is 30.9 Å². The molecule has 1 fully saturated rings. The Hall–Kier alpha value is -2.30. The van der Waals surface area contributed by atoms with Crippen LogP contribution >= 0.6 is 0 Å². The van der Waals surface area contributed by atoms with Gasteiger partial charge >= 0.3 is 0 Å². The summed E-state index contributed by atoms with van der Waals surface area (Å²) in [6.07, 6.45) is 5.56. The number of nitrogens with one attached hydrogen (secondary N) is 1. The molecule has 2 aromatic rings. The lowest BCUT2D eigenvalue weighted by molar-refractivity contribution is 0.315. The number of rotatable bonds is 5. The van der Waals surface area contributed by atoms with E-state index in [1.54, 1.807) is 6.26 Å². The van der Waals surface area contributed by atoms with Crippen LogP contribution in [0.5, 0.6) is 0 Å². The van der Waals surface area contributed by atoms with E-state index in [0.29, 0.717) is 18.4 Å². The molecule has 0 radical (unpaired) electrons. The maximum absolute atomic E-state index is 5.85. The van der Waals surface area contributed by atoms with Crippen LogP contribution in [-0.2, 0) is 6.54 Å². The summed E-state index contributed by atoms with van der Waals surface area (Å²) >= 11 is 0. The molecule has 0 bridgehead atoms. The molecule has 110 valence electrons. The summed E-state index contributed by atoms with van der Waals surface area (Å²) in [5, 5.41) is 3.16. The largest absolute Gasteiger partial charge is 0.444 e. The number of aromatic nitrogens is 1. The van der Waals surface area contributed by atoms with Gasteiger partial charge in [0.05, 0.1) is 6.54 Å². The highest BCUT2D eigenvalue weighted by molar-refractivity contribution is 5.77. The molecule has 5 heteroatoms. The van der Waals surface area contributed by atoms with E-state index in [4.69, 9.17) is 10.2 Å². The average Bonchev–Trinajstić information content (AvgIpc) is 2.93. The highest BCUT2D eigenvalue weighted by Crippen LogP contribution is 2.25. The first-order chi connectivity index (χ1) is 10.3. The maximum Gasteiger partial charge on any atom is 0.226 e. The van der Waals surface area contributed by atoms with Gasteiger partial charge in [0.2, 0.25) is 5.89 Å². The third-order valence-electron chi connectivity index (χ3n) is 3.78. The first kappa shape index (κ1) is 13.7. The Kier molecular flexibility index (Phi) is 4.19. The quantitative estimate of drug-likeness (QED) is 0.653. The molecular formula is C16H20N4O. The lowest BCUT2D eigenvalue weighted by Crippen LogP contribution is -2.37. The van der Waals surface area contributed by atoms with Crippen molar-refractivity contribution in [2.24, 2.45) is 16.6 Å². The van der Waals surface area contributed by atoms with Crippen LogP contribution in [0.15, 0.2) is 46.0 Å². The summed E-state index contributed by atoms with van der Waals surface area (Å²) in [7, 11) is 0. The molecule has 1 aromatic carbocycles. The van der Waals surface area contributed by atoms with Crippen LogP contribution in [0.1, 0.15) is 25.0 Å². The Bertz CT molecular complexity index is 602. The van der Waals surface area contributed by atoms with Crippen LogP contribution < -0.4 is 11.1 Å². The molecule has 0 saturated heterocycles. The second kappa shape index (κ2) is 6.43. The number of nitrogens with zero attached hydrogens (tertiary/aromatic N) is 2. The topological polar surface area (TPSA) is 76.4 Å². The third kappa shape index (κ3) is 3.62. The highest BCUT2D eigenvalue weighted by Gasteiger charge is 2.16. The van der Waals surface area contributed by atoms with Gasteiger partial charge in [0.15, 0.2) is 5.96 Å². The molecule has 21 heavy (non-hydrogen) atoms. The van der Waals surface area contributed by atoms with E-state index in [0.717, 1.165) is 23.7 Å². The van der Waals surface area contributed by atoms with Gasteiger partial charge in [0, 0.05) is 12.1 Å². The van der Waals surface area contributed by atoms with Crippen molar-refractivity contribution in [3.63, 3.8) is 0 Å². The van der Waals surface area contributed by atoms with Gasteiger partial charge in [-0.3, -0.25) is 0 Å². The molecule has 0 amide bonds. The number of nitrogens with two attached hydrogens (primary N) is 1. The van der Waals surface area contributed by atoms with Crippen molar-refractivity contribution in [1.29, 1.82) is 0 Å². The number of benzene rings is 1. The van der Waals surface area contributed by atoms with Gasteiger partial charge in [-0.2, -0.15) is 0 Å². The number of oxazole rings is 1. The molecule has 1 aromatic heterocycles. The molecular weight excluding hydrogens is 264 g/mol. The summed E-state index contributed by atoms with van der Waals surface area (Å²) in [6, 6.07) is 9.81. The van der Waals surface area contributed by atoms with E-state index in [-0.39, 0.29) is 0 Å². The molecule has 1 aliphatic rings. The lowest BCUT2D eigenvalue weighted by atomic mass is 9.85. The van der Waals surface area contributed by atoms with Gasteiger partial charge in [-0.15, -0.1) is 0 Å². The highest BCUT2D eigenvalue weighted by atomic mass is 16.3. The Morgan fingerprint density at radius 3 is 2.86 bits per heavy atom. The van der Waals surface area contributed by atoms with Crippen LogP contribution in [0.3, 0.4) is 0 Å². The summed E-state index contributed by atoms with van der Waals surface area (Å²) < 4.78 is 5.47. The van der Waals surface area contributed by atoms with E-state index < -0.39 is 0 Å². The predicted octanol–water partition coefficient (Wildman–Crippen LogP) is 2.55. The van der Waals surface area contributed by atoms with Gasteiger partial charge in [-0.1, -0.05) is 24.6 Å². The zero-order valence-electron chi connectivity index (χ0n) is 12.0. The standard InChI is InChI=1S/C16H20N4O/c17-16(18-9-12-5-4-6-12)19-10-14-11-21-15(20-14)13-7-2-1-3-8-13/h1-3,7-8,11-12H,4-6,9-10H2,(H3,17,18,19). The van der Waals surface area contributed by atoms with Crippen molar-refractivity contribution in [3.8, 4) is 11.5 Å². The Labute approximate surface area is 124 Å². The first-order valence-electron chi connectivity index (χ1n) is 7.35. The minimum absolute atomic E-state index is 0.430. The van der Waals surface area contributed by atoms with Crippen molar-refractivity contribution < 1.29 is 4.42 Å². The van der Waals surface area contributed by atoms with Crippen molar-refractivity contribution in [3.05, 3.63) is 42.3 Å². The number of hydrogen-bond acceptors (Lipinski definition) is 3. The zero-order chi connectivity index (χ0) is 14.5. The second-order valence-electron chi connectivity index (χ2n) is 5.39. The molecule has 5 nitrogen and oxygen atoms in total.